The molecule has 3 aromatic rings. The van der Waals surface area contributed by atoms with Gasteiger partial charge in [0.15, 0.2) is 0 Å². The zero-order chi connectivity index (χ0) is 16.6. The molecule has 118 valence electrons. The van der Waals surface area contributed by atoms with Crippen LogP contribution in [0.1, 0.15) is 21.5 Å². The molecule has 0 saturated heterocycles. The Morgan fingerprint density at radius 2 is 1.65 bits per heavy atom. The van der Waals surface area contributed by atoms with Gasteiger partial charge in [0.2, 0.25) is 0 Å². The van der Waals surface area contributed by atoms with Crippen LogP contribution in [0, 0.1) is 13.8 Å². The number of carbonyl (C=O) groups excluding carboxylic acids is 1. The fourth-order valence-electron chi connectivity index (χ4n) is 2.61. The van der Waals surface area contributed by atoms with Gasteiger partial charge in [-0.15, -0.1) is 0 Å². The third-order valence-corrected chi connectivity index (χ3v) is 4.02. The van der Waals surface area contributed by atoms with E-state index in [2.05, 4.69) is 4.98 Å². The second-order valence-corrected chi connectivity index (χ2v) is 5.38. The average molecular weight is 310 g/mol. The first-order valence-corrected chi connectivity index (χ1v) is 7.26. The van der Waals surface area contributed by atoms with Crippen molar-refractivity contribution >= 4 is 16.9 Å². The van der Waals surface area contributed by atoms with Gasteiger partial charge in [-0.2, -0.15) is 0 Å². The average Bonchev–Trinajstić information content (AvgIpc) is 2.96. The lowest BCUT2D eigenvalue weighted by Gasteiger charge is -2.12. The first-order valence-electron chi connectivity index (χ1n) is 7.26. The fourth-order valence-corrected chi connectivity index (χ4v) is 2.61. The summed E-state index contributed by atoms with van der Waals surface area (Å²) in [5.41, 5.74) is 4.19. The predicted octanol–water partition coefficient (Wildman–Crippen LogP) is 3.36. The zero-order valence-corrected chi connectivity index (χ0v) is 13.6. The van der Waals surface area contributed by atoms with Gasteiger partial charge in [0.1, 0.15) is 23.4 Å². The molecule has 0 radical (unpaired) electrons. The summed E-state index contributed by atoms with van der Waals surface area (Å²) in [6.45, 7) is 4.04. The van der Waals surface area contributed by atoms with Crippen molar-refractivity contribution in [2.75, 3.05) is 14.2 Å². The summed E-state index contributed by atoms with van der Waals surface area (Å²) in [6.07, 6.45) is 1.54. The highest BCUT2D eigenvalue weighted by Crippen LogP contribution is 2.30. The Bertz CT molecular complexity index is 874. The van der Waals surface area contributed by atoms with E-state index in [0.717, 1.165) is 22.2 Å². The van der Waals surface area contributed by atoms with Crippen molar-refractivity contribution in [3.05, 3.63) is 53.3 Å². The molecule has 0 spiro atoms. The molecule has 0 aliphatic carbocycles. The van der Waals surface area contributed by atoms with Crippen molar-refractivity contribution in [1.29, 1.82) is 0 Å². The van der Waals surface area contributed by atoms with E-state index in [9.17, 15) is 4.79 Å². The Morgan fingerprint density at radius 1 is 1.04 bits per heavy atom. The van der Waals surface area contributed by atoms with Gasteiger partial charge in [-0.1, -0.05) is 6.07 Å². The maximum Gasteiger partial charge on any atom is 0.271 e. The van der Waals surface area contributed by atoms with Gasteiger partial charge < -0.3 is 9.47 Å². The van der Waals surface area contributed by atoms with Gasteiger partial charge in [-0.25, -0.2) is 4.98 Å². The summed E-state index contributed by atoms with van der Waals surface area (Å²) in [7, 11) is 3.07. The molecule has 0 amide bonds. The first-order chi connectivity index (χ1) is 11.1. The van der Waals surface area contributed by atoms with Crippen molar-refractivity contribution in [2.24, 2.45) is 0 Å². The van der Waals surface area contributed by atoms with Crippen molar-refractivity contribution in [3.8, 4) is 11.5 Å². The van der Waals surface area contributed by atoms with E-state index < -0.39 is 0 Å². The van der Waals surface area contributed by atoms with E-state index in [1.807, 2.05) is 26.0 Å². The molecule has 0 aliphatic heterocycles. The highest BCUT2D eigenvalue weighted by atomic mass is 16.5. The molecule has 5 heteroatoms. The third-order valence-electron chi connectivity index (χ3n) is 4.02. The topological polar surface area (TPSA) is 53.4 Å². The molecule has 1 heterocycles. The van der Waals surface area contributed by atoms with Gasteiger partial charge in [0.25, 0.3) is 5.91 Å². The number of ether oxygens (including phenoxy) is 2. The normalized spacial score (nSPS) is 10.8. The first kappa shape index (κ1) is 15.1. The molecule has 0 unspecified atom stereocenters. The second-order valence-electron chi connectivity index (χ2n) is 5.38. The molecular weight excluding hydrogens is 292 g/mol. The van der Waals surface area contributed by atoms with Crippen LogP contribution in [0.3, 0.4) is 0 Å². The molecule has 0 atom stereocenters. The molecule has 1 aromatic heterocycles. The van der Waals surface area contributed by atoms with Crippen molar-refractivity contribution < 1.29 is 14.3 Å². The summed E-state index contributed by atoms with van der Waals surface area (Å²) >= 11 is 0. The summed E-state index contributed by atoms with van der Waals surface area (Å²) in [5.74, 6) is 0.713. The van der Waals surface area contributed by atoms with Gasteiger partial charge in [0, 0.05) is 0 Å². The zero-order valence-electron chi connectivity index (χ0n) is 13.6. The number of benzene rings is 2. The monoisotopic (exact) mass is 310 g/mol. The maximum absolute atomic E-state index is 13.0. The largest absolute Gasteiger partial charge is 0.496 e. The van der Waals surface area contributed by atoms with Crippen LogP contribution in [0.25, 0.3) is 11.0 Å². The Kier molecular flexibility index (Phi) is 3.78. The Hall–Kier alpha value is -2.82. The number of nitrogens with zero attached hydrogens (tertiary/aromatic N) is 2. The van der Waals surface area contributed by atoms with Crippen LogP contribution >= 0.6 is 0 Å². The Labute approximate surface area is 134 Å². The second kappa shape index (κ2) is 5.76. The highest BCUT2D eigenvalue weighted by Gasteiger charge is 2.21. The van der Waals surface area contributed by atoms with Crippen LogP contribution in [0.5, 0.6) is 11.5 Å². The minimum atomic E-state index is -0.231. The molecule has 5 nitrogen and oxygen atoms in total. The lowest BCUT2D eigenvalue weighted by atomic mass is 10.1. The molecule has 0 aliphatic rings. The van der Waals surface area contributed by atoms with Crippen LogP contribution in [0.2, 0.25) is 0 Å². The SMILES string of the molecule is COc1cccc(OC)c1C(=O)n1cnc2cc(C)c(C)cc21. The minimum Gasteiger partial charge on any atom is -0.496 e. The molecule has 0 N–H and O–H groups in total. The summed E-state index contributed by atoms with van der Waals surface area (Å²) in [5, 5.41) is 0. The van der Waals surface area contributed by atoms with Gasteiger partial charge in [-0.3, -0.25) is 9.36 Å². The standard InChI is InChI=1S/C18H18N2O3/c1-11-8-13-14(9-12(11)2)20(10-19-13)18(21)17-15(22-3)6-5-7-16(17)23-4/h5-10H,1-4H3. The number of imidazole rings is 1. The fraction of sp³-hybridized carbons (Fsp3) is 0.222. The van der Waals surface area contributed by atoms with E-state index >= 15 is 0 Å². The summed E-state index contributed by atoms with van der Waals surface area (Å²) in [4.78, 5) is 17.4. The number of aromatic nitrogens is 2. The van der Waals surface area contributed by atoms with E-state index in [0.29, 0.717) is 17.1 Å². The summed E-state index contributed by atoms with van der Waals surface area (Å²) < 4.78 is 12.2. The molecule has 0 bridgehead atoms. The number of fused-ring (bicyclic) bond motifs is 1. The van der Waals surface area contributed by atoms with Crippen LogP contribution in [-0.4, -0.2) is 29.7 Å². The maximum atomic E-state index is 13.0. The van der Waals surface area contributed by atoms with Crippen LogP contribution in [-0.2, 0) is 0 Å². The van der Waals surface area contributed by atoms with Gasteiger partial charge in [-0.05, 0) is 49.2 Å². The third kappa shape index (κ3) is 2.44. The predicted molar refractivity (Wildman–Crippen MR) is 88.5 cm³/mol. The van der Waals surface area contributed by atoms with E-state index in [4.69, 9.17) is 9.47 Å². The Morgan fingerprint density at radius 3 is 2.26 bits per heavy atom. The van der Waals surface area contributed by atoms with Crippen LogP contribution in [0.15, 0.2) is 36.7 Å². The van der Waals surface area contributed by atoms with Crippen molar-refractivity contribution in [2.45, 2.75) is 13.8 Å². The van der Waals surface area contributed by atoms with Crippen LogP contribution in [0.4, 0.5) is 0 Å². The van der Waals surface area contributed by atoms with Gasteiger partial charge >= 0.3 is 0 Å². The lowest BCUT2D eigenvalue weighted by molar-refractivity contribution is 0.0958. The van der Waals surface area contributed by atoms with E-state index in [1.54, 1.807) is 18.2 Å². The molecule has 3 rings (SSSR count). The number of methoxy groups -OCH3 is 2. The summed E-state index contributed by atoms with van der Waals surface area (Å²) in [6, 6.07) is 9.22. The molecule has 0 fully saturated rings. The Balaban J connectivity index is 2.20. The number of rotatable bonds is 3. The van der Waals surface area contributed by atoms with E-state index in [-0.39, 0.29) is 5.91 Å². The quantitative estimate of drug-likeness (QED) is 0.744. The molecule has 23 heavy (non-hydrogen) atoms. The van der Waals surface area contributed by atoms with Crippen molar-refractivity contribution in [1.82, 2.24) is 9.55 Å². The molecule has 0 saturated carbocycles. The van der Waals surface area contributed by atoms with Gasteiger partial charge in [0.05, 0.1) is 25.3 Å². The highest BCUT2D eigenvalue weighted by molar-refractivity contribution is 6.05. The lowest BCUT2D eigenvalue weighted by Crippen LogP contribution is -2.13. The van der Waals surface area contributed by atoms with E-state index in [1.165, 1.54) is 25.1 Å². The number of aryl methyl sites for hydroxylation is 2. The number of carbonyl (C=O) groups is 1. The molecule has 2 aromatic carbocycles. The minimum absolute atomic E-state index is 0.231. The smallest absolute Gasteiger partial charge is 0.271 e. The number of hydrogen-bond donors (Lipinski definition) is 0. The van der Waals surface area contributed by atoms with Crippen LogP contribution < -0.4 is 9.47 Å². The number of hydrogen-bond acceptors (Lipinski definition) is 4. The molecular formula is C18H18N2O3. The van der Waals surface area contributed by atoms with Crippen molar-refractivity contribution in [3.63, 3.8) is 0 Å².